The van der Waals surface area contributed by atoms with E-state index in [0.717, 1.165) is 0 Å². The van der Waals surface area contributed by atoms with Gasteiger partial charge in [0.25, 0.3) is 5.91 Å². The number of amides is 1. The zero-order chi connectivity index (χ0) is 21.7. The summed E-state index contributed by atoms with van der Waals surface area (Å²) in [7, 11) is 0. The Morgan fingerprint density at radius 3 is 2.37 bits per heavy atom. The number of rotatable bonds is 7. The summed E-state index contributed by atoms with van der Waals surface area (Å²) in [6.07, 6.45) is 0. The molecule has 0 atom stereocenters. The van der Waals surface area contributed by atoms with Gasteiger partial charge in [-0.05, 0) is 43.7 Å². The molecule has 1 N–H and O–H groups in total. The maximum Gasteiger partial charge on any atom is 0.328 e. The Hall–Kier alpha value is -4.01. The van der Waals surface area contributed by atoms with Crippen LogP contribution in [0.5, 0.6) is 0 Å². The molecular formula is C21H20N4O5. The molecule has 1 aromatic heterocycles. The first kappa shape index (κ1) is 20.7. The van der Waals surface area contributed by atoms with Crippen LogP contribution in [0, 0.1) is 24.0 Å². The highest BCUT2D eigenvalue weighted by atomic mass is 16.6. The smallest absolute Gasteiger partial charge is 0.328 e. The van der Waals surface area contributed by atoms with Crippen molar-refractivity contribution < 1.29 is 19.2 Å². The molecule has 0 spiro atoms. The highest BCUT2D eigenvalue weighted by Crippen LogP contribution is 2.21. The zero-order valence-electron chi connectivity index (χ0n) is 16.5. The fraction of sp³-hybridized carbons (Fsp3) is 0.190. The first-order valence-electron chi connectivity index (χ1n) is 9.14. The number of esters is 1. The monoisotopic (exact) mass is 408 g/mol. The van der Waals surface area contributed by atoms with Crippen LogP contribution in [0.3, 0.4) is 0 Å². The molecule has 0 unspecified atom stereocenters. The number of hydrogen-bond acceptors (Lipinski definition) is 6. The summed E-state index contributed by atoms with van der Waals surface area (Å²) in [5.74, 6) is -0.808. The molecule has 0 saturated heterocycles. The van der Waals surface area contributed by atoms with Gasteiger partial charge < -0.3 is 10.1 Å². The molecule has 0 bridgehead atoms. The largest absolute Gasteiger partial charge is 0.459 e. The molecule has 9 heteroatoms. The molecule has 3 rings (SSSR count). The van der Waals surface area contributed by atoms with Crippen molar-refractivity contribution in [1.82, 2.24) is 9.78 Å². The first-order valence-corrected chi connectivity index (χ1v) is 9.14. The summed E-state index contributed by atoms with van der Waals surface area (Å²) in [6, 6.07) is 15.8. The van der Waals surface area contributed by atoms with Crippen LogP contribution in [-0.2, 0) is 22.7 Å². The van der Waals surface area contributed by atoms with Crippen molar-refractivity contribution in [3.05, 3.63) is 87.2 Å². The average molecular weight is 408 g/mol. The summed E-state index contributed by atoms with van der Waals surface area (Å²) in [4.78, 5) is 34.9. The van der Waals surface area contributed by atoms with E-state index >= 15 is 0 Å². The van der Waals surface area contributed by atoms with Crippen molar-refractivity contribution in [2.45, 2.75) is 27.0 Å². The second-order valence-corrected chi connectivity index (χ2v) is 6.61. The van der Waals surface area contributed by atoms with Gasteiger partial charge in [-0.2, -0.15) is 5.10 Å². The lowest BCUT2D eigenvalue weighted by Gasteiger charge is -2.08. The number of ether oxygens (including phenoxy) is 1. The molecule has 2 aromatic carbocycles. The third-order valence-electron chi connectivity index (χ3n) is 4.45. The SMILES string of the molecule is Cc1nn(CC(=O)OCc2ccc(C(=O)Nc3ccccc3)cc2)c(C)c1[N+](=O)[O-]. The summed E-state index contributed by atoms with van der Waals surface area (Å²) in [5.41, 5.74) is 2.32. The molecule has 1 heterocycles. The number of nitro groups is 1. The van der Waals surface area contributed by atoms with Gasteiger partial charge in [-0.25, -0.2) is 0 Å². The molecule has 0 aliphatic heterocycles. The van der Waals surface area contributed by atoms with Crippen molar-refractivity contribution in [3.63, 3.8) is 0 Å². The minimum atomic E-state index is -0.568. The first-order chi connectivity index (χ1) is 14.3. The molecule has 1 amide bonds. The van der Waals surface area contributed by atoms with Crippen LogP contribution >= 0.6 is 0 Å². The predicted molar refractivity (Wildman–Crippen MR) is 109 cm³/mol. The van der Waals surface area contributed by atoms with Gasteiger partial charge in [0.1, 0.15) is 24.5 Å². The van der Waals surface area contributed by atoms with E-state index in [9.17, 15) is 19.7 Å². The molecule has 0 aliphatic rings. The molecule has 0 aliphatic carbocycles. The van der Waals surface area contributed by atoms with E-state index in [1.54, 1.807) is 36.4 Å². The van der Waals surface area contributed by atoms with Crippen LogP contribution in [-0.4, -0.2) is 26.6 Å². The van der Waals surface area contributed by atoms with Crippen LogP contribution < -0.4 is 5.32 Å². The van der Waals surface area contributed by atoms with Crippen molar-refractivity contribution in [1.29, 1.82) is 0 Å². The third-order valence-corrected chi connectivity index (χ3v) is 4.45. The van der Waals surface area contributed by atoms with E-state index in [1.807, 2.05) is 18.2 Å². The van der Waals surface area contributed by atoms with Gasteiger partial charge in [0.15, 0.2) is 0 Å². The normalized spacial score (nSPS) is 10.5. The average Bonchev–Trinajstić information content (AvgIpc) is 3.00. The van der Waals surface area contributed by atoms with E-state index in [1.165, 1.54) is 18.5 Å². The molecule has 154 valence electrons. The van der Waals surface area contributed by atoms with Gasteiger partial charge >= 0.3 is 11.7 Å². The van der Waals surface area contributed by atoms with Gasteiger partial charge in [-0.1, -0.05) is 30.3 Å². The van der Waals surface area contributed by atoms with Gasteiger partial charge in [0, 0.05) is 11.3 Å². The van der Waals surface area contributed by atoms with Crippen LogP contribution in [0.25, 0.3) is 0 Å². The zero-order valence-corrected chi connectivity index (χ0v) is 16.5. The number of aromatic nitrogens is 2. The Labute approximate surface area is 172 Å². The Morgan fingerprint density at radius 1 is 1.10 bits per heavy atom. The van der Waals surface area contributed by atoms with Crippen LogP contribution in [0.1, 0.15) is 27.3 Å². The number of carbonyl (C=O) groups is 2. The van der Waals surface area contributed by atoms with Gasteiger partial charge in [-0.3, -0.25) is 24.4 Å². The summed E-state index contributed by atoms with van der Waals surface area (Å²) < 4.78 is 6.48. The number of nitrogens with zero attached hydrogens (tertiary/aromatic N) is 3. The Kier molecular flexibility index (Phi) is 6.21. The van der Waals surface area contributed by atoms with Gasteiger partial charge in [0.2, 0.25) is 0 Å². The van der Waals surface area contributed by atoms with E-state index in [4.69, 9.17) is 4.74 Å². The second-order valence-electron chi connectivity index (χ2n) is 6.61. The van der Waals surface area contributed by atoms with E-state index in [0.29, 0.717) is 22.5 Å². The van der Waals surface area contributed by atoms with Crippen LogP contribution in [0.2, 0.25) is 0 Å². The number of anilines is 1. The van der Waals surface area contributed by atoms with Crippen molar-refractivity contribution in [3.8, 4) is 0 Å². The number of nitrogens with one attached hydrogen (secondary N) is 1. The molecular weight excluding hydrogens is 388 g/mol. The number of benzene rings is 2. The molecule has 0 radical (unpaired) electrons. The third kappa shape index (κ3) is 4.88. The van der Waals surface area contributed by atoms with Crippen molar-refractivity contribution in [2.75, 3.05) is 5.32 Å². The minimum Gasteiger partial charge on any atom is -0.459 e. The minimum absolute atomic E-state index is 0.0147. The summed E-state index contributed by atoms with van der Waals surface area (Å²) >= 11 is 0. The Balaban J connectivity index is 1.55. The van der Waals surface area contributed by atoms with E-state index < -0.39 is 10.9 Å². The lowest BCUT2D eigenvalue weighted by Crippen LogP contribution is -2.16. The fourth-order valence-corrected chi connectivity index (χ4v) is 2.91. The predicted octanol–water partition coefficient (Wildman–Crippen LogP) is 3.40. The Bertz CT molecular complexity index is 1070. The highest BCUT2D eigenvalue weighted by Gasteiger charge is 2.23. The van der Waals surface area contributed by atoms with E-state index in [2.05, 4.69) is 10.4 Å². The Morgan fingerprint density at radius 2 is 1.77 bits per heavy atom. The molecule has 0 fully saturated rings. The van der Waals surface area contributed by atoms with Crippen molar-refractivity contribution >= 4 is 23.3 Å². The lowest BCUT2D eigenvalue weighted by molar-refractivity contribution is -0.386. The number of carbonyl (C=O) groups excluding carboxylic acids is 2. The molecule has 30 heavy (non-hydrogen) atoms. The highest BCUT2D eigenvalue weighted by molar-refractivity contribution is 6.04. The quantitative estimate of drug-likeness (QED) is 0.364. The van der Waals surface area contributed by atoms with Gasteiger partial charge in [0.05, 0.1) is 4.92 Å². The lowest BCUT2D eigenvalue weighted by atomic mass is 10.1. The van der Waals surface area contributed by atoms with Crippen molar-refractivity contribution in [2.24, 2.45) is 0 Å². The maximum absolute atomic E-state index is 12.2. The molecule has 0 saturated carbocycles. The standard InChI is InChI=1S/C21H20N4O5/c1-14-20(25(28)29)15(2)24(23-14)12-19(26)30-13-16-8-10-17(11-9-16)21(27)22-18-6-4-3-5-7-18/h3-11H,12-13H2,1-2H3,(H,22,27). The molecule has 3 aromatic rings. The second kappa shape index (κ2) is 8.99. The maximum atomic E-state index is 12.2. The summed E-state index contributed by atoms with van der Waals surface area (Å²) in [6.45, 7) is 2.84. The number of para-hydroxylation sites is 1. The number of hydrogen-bond donors (Lipinski definition) is 1. The fourth-order valence-electron chi connectivity index (χ4n) is 2.91. The number of aryl methyl sites for hydroxylation is 1. The van der Waals surface area contributed by atoms with E-state index in [-0.39, 0.29) is 30.4 Å². The molecule has 9 nitrogen and oxygen atoms in total. The van der Waals surface area contributed by atoms with Crippen LogP contribution in [0.15, 0.2) is 54.6 Å². The summed E-state index contributed by atoms with van der Waals surface area (Å²) in [5, 5.41) is 17.9. The van der Waals surface area contributed by atoms with Gasteiger partial charge in [-0.15, -0.1) is 0 Å². The topological polar surface area (TPSA) is 116 Å². The van der Waals surface area contributed by atoms with Crippen LogP contribution in [0.4, 0.5) is 11.4 Å².